The van der Waals surface area contributed by atoms with Crippen LogP contribution in [-0.4, -0.2) is 29.5 Å². The van der Waals surface area contributed by atoms with E-state index in [2.05, 4.69) is 31.4 Å². The highest BCUT2D eigenvalue weighted by atomic mass is 79.9. The summed E-state index contributed by atoms with van der Waals surface area (Å²) in [6.45, 7) is 0. The van der Waals surface area contributed by atoms with Gasteiger partial charge in [-0.15, -0.1) is 5.10 Å². The monoisotopic (exact) mass is 403 g/mol. The Kier molecular flexibility index (Phi) is 5.32. The number of amides is 1. The topological polar surface area (TPSA) is 63.0 Å². The van der Waals surface area contributed by atoms with Crippen LogP contribution < -0.4 is 10.1 Å². The molecule has 0 saturated heterocycles. The summed E-state index contributed by atoms with van der Waals surface area (Å²) >= 11 is 4.78. The maximum atomic E-state index is 12.2. The quantitative estimate of drug-likeness (QED) is 0.840. The van der Waals surface area contributed by atoms with E-state index in [1.165, 1.54) is 11.8 Å². The van der Waals surface area contributed by atoms with Gasteiger partial charge in [-0.3, -0.25) is 4.79 Å². The minimum Gasteiger partial charge on any atom is -0.497 e. The first-order chi connectivity index (χ1) is 11.7. The molecule has 0 atom stereocenters. The molecule has 1 heterocycles. The molecule has 2 aromatic rings. The van der Waals surface area contributed by atoms with Crippen LogP contribution in [0.15, 0.2) is 63.2 Å². The number of thioether (sulfide) groups is 1. The van der Waals surface area contributed by atoms with Gasteiger partial charge in [-0.2, -0.15) is 5.10 Å². The first-order valence-corrected chi connectivity index (χ1v) is 8.92. The number of nitrogens with one attached hydrogen (secondary N) is 1. The van der Waals surface area contributed by atoms with Crippen LogP contribution in [0.5, 0.6) is 5.75 Å². The molecule has 0 unspecified atom stereocenters. The Morgan fingerprint density at radius 1 is 1.12 bits per heavy atom. The van der Waals surface area contributed by atoms with Crippen molar-refractivity contribution < 1.29 is 9.53 Å². The van der Waals surface area contributed by atoms with Gasteiger partial charge in [0.1, 0.15) is 5.75 Å². The van der Waals surface area contributed by atoms with Gasteiger partial charge in [0, 0.05) is 15.9 Å². The van der Waals surface area contributed by atoms with Crippen molar-refractivity contribution in [2.75, 3.05) is 18.2 Å². The van der Waals surface area contributed by atoms with Crippen molar-refractivity contribution in [1.29, 1.82) is 0 Å². The molecule has 2 aromatic carbocycles. The summed E-state index contributed by atoms with van der Waals surface area (Å²) in [7, 11) is 1.60. The summed E-state index contributed by atoms with van der Waals surface area (Å²) in [5.74, 6) is 1.08. The average Bonchev–Trinajstić information content (AvgIpc) is 2.63. The van der Waals surface area contributed by atoms with E-state index < -0.39 is 0 Å². The fourth-order valence-corrected chi connectivity index (χ4v) is 3.10. The molecule has 1 aliphatic rings. The predicted octanol–water partition coefficient (Wildman–Crippen LogP) is 3.95. The van der Waals surface area contributed by atoms with Crippen LogP contribution in [0.1, 0.15) is 5.56 Å². The van der Waals surface area contributed by atoms with Crippen molar-refractivity contribution in [3.8, 4) is 5.75 Å². The molecule has 7 heteroatoms. The molecule has 1 aliphatic heterocycles. The molecule has 24 heavy (non-hydrogen) atoms. The Bertz CT molecular complexity index is 802. The lowest BCUT2D eigenvalue weighted by Crippen LogP contribution is -2.23. The van der Waals surface area contributed by atoms with Gasteiger partial charge in [-0.1, -0.05) is 39.8 Å². The number of hydrogen-bond donors (Lipinski definition) is 1. The number of hydrogen-bond acceptors (Lipinski definition) is 5. The van der Waals surface area contributed by atoms with E-state index in [4.69, 9.17) is 4.74 Å². The lowest BCUT2D eigenvalue weighted by atomic mass is 10.1. The van der Waals surface area contributed by atoms with Gasteiger partial charge in [0.05, 0.1) is 12.8 Å². The Morgan fingerprint density at radius 2 is 1.83 bits per heavy atom. The van der Waals surface area contributed by atoms with E-state index in [0.29, 0.717) is 16.5 Å². The molecule has 0 saturated carbocycles. The van der Waals surface area contributed by atoms with E-state index in [-0.39, 0.29) is 5.91 Å². The van der Waals surface area contributed by atoms with E-state index in [9.17, 15) is 4.79 Å². The van der Waals surface area contributed by atoms with Gasteiger partial charge in [-0.25, -0.2) is 0 Å². The molecule has 0 radical (unpaired) electrons. The Balaban J connectivity index is 1.68. The lowest BCUT2D eigenvalue weighted by molar-refractivity contribution is -0.110. The molecule has 0 fully saturated rings. The molecule has 1 N–H and O–H groups in total. The number of rotatable bonds is 4. The Labute approximate surface area is 152 Å². The smallest absolute Gasteiger partial charge is 0.282 e. The summed E-state index contributed by atoms with van der Waals surface area (Å²) in [6, 6.07) is 15.0. The summed E-state index contributed by atoms with van der Waals surface area (Å²) in [5.41, 5.74) is 2.55. The summed E-state index contributed by atoms with van der Waals surface area (Å²) in [5, 5.41) is 11.4. The van der Waals surface area contributed by atoms with E-state index in [1.54, 1.807) is 31.4 Å². The highest BCUT2D eigenvalue weighted by molar-refractivity contribution is 9.10. The van der Waals surface area contributed by atoms with Crippen molar-refractivity contribution in [3.05, 3.63) is 58.6 Å². The molecular weight excluding hydrogens is 390 g/mol. The fourth-order valence-electron chi connectivity index (χ4n) is 2.05. The van der Waals surface area contributed by atoms with Gasteiger partial charge in [0.15, 0.2) is 5.04 Å². The number of ether oxygens (including phenoxy) is 1. The third-order valence-corrected chi connectivity index (χ3v) is 4.81. The molecule has 5 nitrogen and oxygen atoms in total. The maximum absolute atomic E-state index is 12.2. The van der Waals surface area contributed by atoms with Crippen LogP contribution in [0.3, 0.4) is 0 Å². The van der Waals surface area contributed by atoms with Crippen LogP contribution in [0.4, 0.5) is 5.69 Å². The third kappa shape index (κ3) is 4.04. The van der Waals surface area contributed by atoms with Crippen LogP contribution in [0.25, 0.3) is 0 Å². The molecule has 0 aromatic heterocycles. The van der Waals surface area contributed by atoms with Crippen molar-refractivity contribution >= 4 is 50.0 Å². The van der Waals surface area contributed by atoms with Crippen molar-refractivity contribution in [3.63, 3.8) is 0 Å². The van der Waals surface area contributed by atoms with E-state index in [0.717, 1.165) is 21.5 Å². The number of benzene rings is 2. The number of carbonyl (C=O) groups is 1. The second-order valence-corrected chi connectivity index (χ2v) is 6.81. The zero-order valence-electron chi connectivity index (χ0n) is 12.8. The van der Waals surface area contributed by atoms with Gasteiger partial charge >= 0.3 is 0 Å². The Hall–Kier alpha value is -2.12. The molecule has 1 amide bonds. The van der Waals surface area contributed by atoms with Gasteiger partial charge < -0.3 is 10.1 Å². The molecule has 0 aliphatic carbocycles. The normalized spacial score (nSPS) is 13.8. The van der Waals surface area contributed by atoms with Gasteiger partial charge in [0.25, 0.3) is 5.91 Å². The molecule has 0 spiro atoms. The number of anilines is 1. The molecular formula is C17H14BrN3O2S. The third-order valence-electron chi connectivity index (χ3n) is 3.33. The molecule has 122 valence electrons. The minimum absolute atomic E-state index is 0.260. The van der Waals surface area contributed by atoms with Crippen LogP contribution in [-0.2, 0) is 4.79 Å². The number of halogens is 1. The lowest BCUT2D eigenvalue weighted by Gasteiger charge is -2.12. The van der Waals surface area contributed by atoms with Gasteiger partial charge in [-0.05, 0) is 42.0 Å². The van der Waals surface area contributed by atoms with Crippen molar-refractivity contribution in [1.82, 2.24) is 0 Å². The maximum Gasteiger partial charge on any atom is 0.282 e. The highest BCUT2D eigenvalue weighted by Gasteiger charge is 2.18. The largest absolute Gasteiger partial charge is 0.497 e. The Morgan fingerprint density at radius 3 is 2.42 bits per heavy atom. The average molecular weight is 404 g/mol. The van der Waals surface area contributed by atoms with E-state index >= 15 is 0 Å². The second-order valence-electron chi connectivity index (χ2n) is 4.93. The number of carbonyl (C=O) groups excluding carboxylic acids is 1. The van der Waals surface area contributed by atoms with Gasteiger partial charge in [0.2, 0.25) is 0 Å². The van der Waals surface area contributed by atoms with Crippen LogP contribution >= 0.6 is 27.7 Å². The van der Waals surface area contributed by atoms with E-state index in [1.807, 2.05) is 24.3 Å². The summed E-state index contributed by atoms with van der Waals surface area (Å²) in [4.78, 5) is 12.2. The fraction of sp³-hybridized carbons (Fsp3) is 0.118. The first kappa shape index (κ1) is 16.7. The molecule has 0 bridgehead atoms. The number of methoxy groups -OCH3 is 1. The standard InChI is InChI=1S/C17H14BrN3O2S/c1-23-14-8-6-13(7-9-14)19-16(22)17-21-20-15(10-24-17)11-2-4-12(18)5-3-11/h2-9H,10H2,1H3,(H,19,22). The number of nitrogens with zero attached hydrogens (tertiary/aromatic N) is 2. The zero-order valence-corrected chi connectivity index (χ0v) is 15.2. The second kappa shape index (κ2) is 7.63. The van der Waals surface area contributed by atoms with Crippen LogP contribution in [0.2, 0.25) is 0 Å². The predicted molar refractivity (Wildman–Crippen MR) is 102 cm³/mol. The van der Waals surface area contributed by atoms with Crippen LogP contribution in [0, 0.1) is 0 Å². The molecule has 3 rings (SSSR count). The summed E-state index contributed by atoms with van der Waals surface area (Å²) < 4.78 is 6.10. The first-order valence-electron chi connectivity index (χ1n) is 7.14. The highest BCUT2D eigenvalue weighted by Crippen LogP contribution is 2.20. The zero-order chi connectivity index (χ0) is 16.9. The minimum atomic E-state index is -0.260. The summed E-state index contributed by atoms with van der Waals surface area (Å²) in [6.07, 6.45) is 0. The SMILES string of the molecule is COc1ccc(NC(=O)C2=NN=C(c3ccc(Br)cc3)CS2)cc1. The van der Waals surface area contributed by atoms with Crippen molar-refractivity contribution in [2.45, 2.75) is 0 Å². The van der Waals surface area contributed by atoms with Crippen molar-refractivity contribution in [2.24, 2.45) is 10.2 Å².